The molecule has 26 heavy (non-hydrogen) atoms. The van der Waals surface area contributed by atoms with Gasteiger partial charge in [-0.2, -0.15) is 0 Å². The van der Waals surface area contributed by atoms with Crippen LogP contribution in [0.2, 0.25) is 0 Å². The van der Waals surface area contributed by atoms with Crippen LogP contribution in [0.25, 0.3) is 0 Å². The zero-order chi connectivity index (χ0) is 17.9. The van der Waals surface area contributed by atoms with Gasteiger partial charge in [0.2, 0.25) is 0 Å². The number of nitrogens with zero attached hydrogens (tertiary/aromatic N) is 3. The summed E-state index contributed by atoms with van der Waals surface area (Å²) in [5.74, 6) is 0.196. The average molecular weight is 355 g/mol. The third-order valence-electron chi connectivity index (χ3n) is 5.34. The second-order valence-corrected chi connectivity index (χ2v) is 6.96. The maximum Gasteiger partial charge on any atom is 0.274 e. The van der Waals surface area contributed by atoms with Crippen LogP contribution in [0.1, 0.15) is 34.8 Å². The van der Waals surface area contributed by atoms with Crippen LogP contribution in [-0.4, -0.2) is 46.5 Å². The molecule has 0 saturated carbocycles. The maximum atomic E-state index is 13.6. The van der Waals surface area contributed by atoms with Gasteiger partial charge in [-0.25, -0.2) is 9.37 Å². The Kier molecular flexibility index (Phi) is 4.90. The van der Waals surface area contributed by atoms with Crippen LogP contribution in [0.4, 0.5) is 4.39 Å². The van der Waals surface area contributed by atoms with Gasteiger partial charge in [-0.1, -0.05) is 12.1 Å². The van der Waals surface area contributed by atoms with Gasteiger partial charge in [0, 0.05) is 44.0 Å². The topological polar surface area (TPSA) is 70.2 Å². The lowest BCUT2D eigenvalue weighted by Crippen LogP contribution is -2.48. The minimum atomic E-state index is -0.212. The summed E-state index contributed by atoms with van der Waals surface area (Å²) >= 11 is 0. The van der Waals surface area contributed by atoms with E-state index >= 15 is 0 Å². The van der Waals surface area contributed by atoms with Gasteiger partial charge in [0.1, 0.15) is 11.5 Å². The Morgan fingerprint density at radius 3 is 3.04 bits per heavy atom. The van der Waals surface area contributed by atoms with Gasteiger partial charge in [-0.05, 0) is 36.5 Å². The molecule has 2 aliphatic heterocycles. The molecule has 1 aromatic carbocycles. The van der Waals surface area contributed by atoms with Gasteiger partial charge in [0.15, 0.2) is 0 Å². The quantitative estimate of drug-likeness (QED) is 0.878. The second kappa shape index (κ2) is 7.47. The van der Waals surface area contributed by atoms with Crippen molar-refractivity contribution in [2.24, 2.45) is 5.92 Å². The highest BCUT2D eigenvalue weighted by Crippen LogP contribution is 2.32. The molecule has 2 aromatic rings. The first-order valence-electron chi connectivity index (χ1n) is 9.01. The Morgan fingerprint density at radius 1 is 1.31 bits per heavy atom. The predicted octanol–water partition coefficient (Wildman–Crippen LogP) is 1.73. The molecule has 1 aromatic heterocycles. The third kappa shape index (κ3) is 3.45. The van der Waals surface area contributed by atoms with Gasteiger partial charge >= 0.3 is 0 Å². The number of hydrogen-bond acceptors (Lipinski definition) is 5. The fourth-order valence-corrected chi connectivity index (χ4v) is 4.08. The summed E-state index contributed by atoms with van der Waals surface area (Å²) in [6.07, 6.45) is 6.60. The van der Waals surface area contributed by atoms with E-state index in [0.717, 1.165) is 31.5 Å². The first-order valence-corrected chi connectivity index (χ1v) is 9.01. The number of carbonyl (C=O) groups excluding carboxylic acids is 1. The predicted molar refractivity (Wildman–Crippen MR) is 94.7 cm³/mol. The molecular formula is C19H22FN5O. The normalized spacial score (nSPS) is 26.0. The molecule has 0 aliphatic carbocycles. The number of hydrazine groups is 1. The van der Waals surface area contributed by atoms with Gasteiger partial charge in [0.05, 0.1) is 6.20 Å². The van der Waals surface area contributed by atoms with Crippen molar-refractivity contribution in [3.05, 3.63) is 59.9 Å². The summed E-state index contributed by atoms with van der Waals surface area (Å²) < 4.78 is 13.6. The van der Waals surface area contributed by atoms with Crippen molar-refractivity contribution in [2.45, 2.75) is 24.8 Å². The molecule has 7 heteroatoms. The number of halogens is 1. The first-order chi connectivity index (χ1) is 12.7. The Labute approximate surface area is 151 Å². The molecule has 136 valence electrons. The molecule has 0 radical (unpaired) electrons. The molecule has 2 saturated heterocycles. The monoisotopic (exact) mass is 355 g/mol. The fraction of sp³-hybridized carbons (Fsp3) is 0.421. The minimum absolute atomic E-state index is 0.0731. The Morgan fingerprint density at radius 2 is 2.23 bits per heavy atom. The molecule has 0 spiro atoms. The SMILES string of the molecule is O=C(c1cnccn1)N1CCCC(C2NNCC2c2cccc(F)c2)C1. The van der Waals surface area contributed by atoms with Crippen LogP contribution >= 0.6 is 0 Å². The lowest BCUT2D eigenvalue weighted by molar-refractivity contribution is 0.0638. The van der Waals surface area contributed by atoms with E-state index in [2.05, 4.69) is 20.8 Å². The van der Waals surface area contributed by atoms with Crippen molar-refractivity contribution in [1.29, 1.82) is 0 Å². The van der Waals surface area contributed by atoms with Gasteiger partial charge < -0.3 is 4.90 Å². The number of nitrogens with one attached hydrogen (secondary N) is 2. The van der Waals surface area contributed by atoms with Crippen LogP contribution < -0.4 is 10.9 Å². The number of hydrogen-bond donors (Lipinski definition) is 2. The molecule has 4 rings (SSSR count). The summed E-state index contributed by atoms with van der Waals surface area (Å²) in [4.78, 5) is 22.7. The molecule has 0 bridgehead atoms. The van der Waals surface area contributed by atoms with E-state index in [1.807, 2.05) is 11.0 Å². The highest BCUT2D eigenvalue weighted by molar-refractivity contribution is 5.92. The third-order valence-corrected chi connectivity index (χ3v) is 5.34. The van der Waals surface area contributed by atoms with Crippen molar-refractivity contribution in [3.8, 4) is 0 Å². The van der Waals surface area contributed by atoms with Crippen molar-refractivity contribution < 1.29 is 9.18 Å². The number of piperidine rings is 1. The molecule has 2 N–H and O–H groups in total. The summed E-state index contributed by atoms with van der Waals surface area (Å²) in [7, 11) is 0. The molecule has 3 atom stereocenters. The van der Waals surface area contributed by atoms with Crippen molar-refractivity contribution >= 4 is 5.91 Å². The average Bonchev–Trinajstić information content (AvgIpc) is 3.18. The van der Waals surface area contributed by atoms with Crippen molar-refractivity contribution in [1.82, 2.24) is 25.7 Å². The molecule has 2 aliphatic rings. The number of amides is 1. The number of likely N-dealkylation sites (tertiary alicyclic amines) is 1. The zero-order valence-corrected chi connectivity index (χ0v) is 14.4. The standard InChI is InChI=1S/C19H22FN5O/c20-15-5-1-3-13(9-15)16-10-23-24-18(16)14-4-2-8-25(12-14)19(26)17-11-21-6-7-22-17/h1,3,5-7,9,11,14,16,18,23-24H,2,4,8,10,12H2. The van der Waals surface area contributed by atoms with E-state index in [-0.39, 0.29) is 23.7 Å². The van der Waals surface area contributed by atoms with Crippen LogP contribution in [0, 0.1) is 11.7 Å². The van der Waals surface area contributed by atoms with Gasteiger partial charge in [0.25, 0.3) is 5.91 Å². The van der Waals surface area contributed by atoms with E-state index in [1.54, 1.807) is 18.3 Å². The van der Waals surface area contributed by atoms with Crippen molar-refractivity contribution in [2.75, 3.05) is 19.6 Å². The van der Waals surface area contributed by atoms with Crippen molar-refractivity contribution in [3.63, 3.8) is 0 Å². The smallest absolute Gasteiger partial charge is 0.274 e. The summed E-state index contributed by atoms with van der Waals surface area (Å²) in [6.45, 7) is 2.15. The lowest BCUT2D eigenvalue weighted by Gasteiger charge is -2.37. The maximum absolute atomic E-state index is 13.6. The van der Waals surface area contributed by atoms with E-state index in [0.29, 0.717) is 18.2 Å². The van der Waals surface area contributed by atoms with E-state index in [1.165, 1.54) is 18.5 Å². The number of aromatic nitrogens is 2. The molecule has 6 nitrogen and oxygen atoms in total. The summed E-state index contributed by atoms with van der Waals surface area (Å²) in [5.41, 5.74) is 7.94. The Bertz CT molecular complexity index is 772. The van der Waals surface area contributed by atoms with E-state index in [9.17, 15) is 9.18 Å². The fourth-order valence-electron chi connectivity index (χ4n) is 4.08. The molecule has 3 unspecified atom stereocenters. The van der Waals surface area contributed by atoms with Gasteiger partial charge in [-0.3, -0.25) is 20.6 Å². The van der Waals surface area contributed by atoms with Gasteiger partial charge in [-0.15, -0.1) is 0 Å². The van der Waals surface area contributed by atoms with E-state index < -0.39 is 0 Å². The van der Waals surface area contributed by atoms with Crippen LogP contribution in [0.3, 0.4) is 0 Å². The summed E-state index contributed by atoms with van der Waals surface area (Å²) in [5, 5.41) is 0. The number of benzene rings is 1. The molecule has 3 heterocycles. The molecular weight excluding hydrogens is 333 g/mol. The number of rotatable bonds is 3. The highest BCUT2D eigenvalue weighted by Gasteiger charge is 2.38. The van der Waals surface area contributed by atoms with Crippen LogP contribution in [0.15, 0.2) is 42.9 Å². The zero-order valence-electron chi connectivity index (χ0n) is 14.4. The second-order valence-electron chi connectivity index (χ2n) is 6.96. The van der Waals surface area contributed by atoms with Crippen LogP contribution in [0.5, 0.6) is 0 Å². The molecule has 1 amide bonds. The summed E-state index contributed by atoms with van der Waals surface area (Å²) in [6, 6.07) is 6.97. The number of carbonyl (C=O) groups is 1. The Hall–Kier alpha value is -2.38. The minimum Gasteiger partial charge on any atom is -0.337 e. The first kappa shape index (κ1) is 17.1. The molecule has 2 fully saturated rings. The Balaban J connectivity index is 1.49. The lowest BCUT2D eigenvalue weighted by atomic mass is 9.81. The van der Waals surface area contributed by atoms with E-state index in [4.69, 9.17) is 0 Å². The highest BCUT2D eigenvalue weighted by atomic mass is 19.1. The van der Waals surface area contributed by atoms with Crippen LogP contribution in [-0.2, 0) is 0 Å². The largest absolute Gasteiger partial charge is 0.337 e.